The van der Waals surface area contributed by atoms with Crippen LogP contribution in [0.1, 0.15) is 13.3 Å². The van der Waals surface area contributed by atoms with Gasteiger partial charge in [-0.1, -0.05) is 0 Å². The molecule has 1 atom stereocenters. The second-order valence-corrected chi connectivity index (χ2v) is 4.37. The maximum atomic E-state index is 11.7. The van der Waals surface area contributed by atoms with Crippen molar-refractivity contribution in [2.75, 3.05) is 39.9 Å². The van der Waals surface area contributed by atoms with E-state index >= 15 is 0 Å². The SMILES string of the molecule is COCCN1CCN(C(=O)CC(C)N)CC1=O.Cl. The highest BCUT2D eigenvalue weighted by molar-refractivity contribution is 5.86. The first-order chi connectivity index (χ1) is 8.04. The lowest BCUT2D eigenvalue weighted by Gasteiger charge is -2.34. The molecular weight excluding hydrogens is 258 g/mol. The van der Waals surface area contributed by atoms with Crippen molar-refractivity contribution < 1.29 is 14.3 Å². The van der Waals surface area contributed by atoms with Crippen molar-refractivity contribution >= 4 is 24.2 Å². The van der Waals surface area contributed by atoms with Crippen LogP contribution in [0.2, 0.25) is 0 Å². The third-order valence-corrected chi connectivity index (χ3v) is 2.73. The lowest BCUT2D eigenvalue weighted by molar-refractivity contribution is -0.145. The monoisotopic (exact) mass is 279 g/mol. The maximum Gasteiger partial charge on any atom is 0.242 e. The molecule has 6 nitrogen and oxygen atoms in total. The fourth-order valence-electron chi connectivity index (χ4n) is 1.76. The molecule has 0 aromatic carbocycles. The topological polar surface area (TPSA) is 75.9 Å². The number of methoxy groups -OCH3 is 1. The summed E-state index contributed by atoms with van der Waals surface area (Å²) in [6, 6.07) is -0.163. The van der Waals surface area contributed by atoms with Crippen molar-refractivity contribution in [3.63, 3.8) is 0 Å². The zero-order chi connectivity index (χ0) is 12.8. The average Bonchev–Trinajstić information content (AvgIpc) is 2.26. The Hall–Kier alpha value is -0.850. The summed E-state index contributed by atoms with van der Waals surface area (Å²) >= 11 is 0. The summed E-state index contributed by atoms with van der Waals surface area (Å²) in [5.41, 5.74) is 5.57. The largest absolute Gasteiger partial charge is 0.383 e. The molecule has 1 rings (SSSR count). The van der Waals surface area contributed by atoms with Gasteiger partial charge in [0.25, 0.3) is 0 Å². The van der Waals surface area contributed by atoms with Gasteiger partial charge in [-0.25, -0.2) is 0 Å². The minimum Gasteiger partial charge on any atom is -0.383 e. The van der Waals surface area contributed by atoms with Crippen molar-refractivity contribution in [2.24, 2.45) is 5.73 Å². The van der Waals surface area contributed by atoms with Crippen molar-refractivity contribution in [2.45, 2.75) is 19.4 Å². The molecule has 0 aliphatic carbocycles. The molecule has 2 amide bonds. The summed E-state index contributed by atoms with van der Waals surface area (Å²) in [4.78, 5) is 26.8. The molecule has 0 aromatic heterocycles. The molecule has 1 unspecified atom stereocenters. The van der Waals surface area contributed by atoms with E-state index in [4.69, 9.17) is 10.5 Å². The van der Waals surface area contributed by atoms with Gasteiger partial charge in [-0.15, -0.1) is 12.4 Å². The van der Waals surface area contributed by atoms with Gasteiger partial charge >= 0.3 is 0 Å². The van der Waals surface area contributed by atoms with Crippen LogP contribution in [0.15, 0.2) is 0 Å². The highest BCUT2D eigenvalue weighted by atomic mass is 35.5. The number of piperazine rings is 1. The highest BCUT2D eigenvalue weighted by Crippen LogP contribution is 2.06. The van der Waals surface area contributed by atoms with Crippen LogP contribution >= 0.6 is 12.4 Å². The molecule has 0 saturated carbocycles. The number of amides is 2. The maximum absolute atomic E-state index is 11.7. The number of carbonyl (C=O) groups is 2. The molecule has 0 radical (unpaired) electrons. The van der Waals surface area contributed by atoms with Gasteiger partial charge in [0.05, 0.1) is 13.2 Å². The van der Waals surface area contributed by atoms with Crippen LogP contribution in [0.25, 0.3) is 0 Å². The number of carbonyl (C=O) groups excluding carboxylic acids is 2. The van der Waals surface area contributed by atoms with E-state index in [0.717, 1.165) is 0 Å². The Morgan fingerprint density at radius 1 is 1.50 bits per heavy atom. The normalized spacial score (nSPS) is 17.4. The predicted octanol–water partition coefficient (Wildman–Crippen LogP) is -0.537. The second-order valence-electron chi connectivity index (χ2n) is 4.37. The first kappa shape index (κ1) is 17.2. The van der Waals surface area contributed by atoms with E-state index in [2.05, 4.69) is 0 Å². The number of hydrogen-bond acceptors (Lipinski definition) is 4. The number of nitrogens with zero attached hydrogens (tertiary/aromatic N) is 2. The summed E-state index contributed by atoms with van der Waals surface area (Å²) in [5.74, 6) is -0.0638. The molecule has 1 aliphatic rings. The van der Waals surface area contributed by atoms with Crippen LogP contribution in [-0.4, -0.2) is 67.6 Å². The van der Waals surface area contributed by atoms with Gasteiger partial charge < -0.3 is 20.3 Å². The van der Waals surface area contributed by atoms with Crippen LogP contribution in [0, 0.1) is 0 Å². The summed E-state index contributed by atoms with van der Waals surface area (Å²) in [6.45, 7) is 4.22. The smallest absolute Gasteiger partial charge is 0.242 e. The third kappa shape index (κ3) is 5.20. The van der Waals surface area contributed by atoms with E-state index in [-0.39, 0.29) is 36.8 Å². The minimum absolute atomic E-state index is 0. The third-order valence-electron chi connectivity index (χ3n) is 2.73. The standard InChI is InChI=1S/C11H21N3O3.ClH/c1-9(12)7-10(15)14-4-3-13(5-6-17-2)11(16)8-14;/h9H,3-8,12H2,1-2H3;1H. The molecular formula is C11H22ClN3O3. The fourth-order valence-corrected chi connectivity index (χ4v) is 1.76. The number of hydrogen-bond donors (Lipinski definition) is 1. The zero-order valence-corrected chi connectivity index (χ0v) is 11.7. The van der Waals surface area contributed by atoms with Crippen LogP contribution in [0.5, 0.6) is 0 Å². The first-order valence-electron chi connectivity index (χ1n) is 5.84. The average molecular weight is 280 g/mol. The Bertz CT molecular complexity index is 287. The van der Waals surface area contributed by atoms with Crippen molar-refractivity contribution in [1.29, 1.82) is 0 Å². The van der Waals surface area contributed by atoms with Crippen LogP contribution in [0.3, 0.4) is 0 Å². The van der Waals surface area contributed by atoms with Gasteiger partial charge in [0, 0.05) is 39.2 Å². The van der Waals surface area contributed by atoms with Gasteiger partial charge in [-0.2, -0.15) is 0 Å². The molecule has 0 spiro atoms. The number of halogens is 1. The fraction of sp³-hybridized carbons (Fsp3) is 0.818. The molecule has 2 N–H and O–H groups in total. The molecule has 1 fully saturated rings. The second kappa shape index (κ2) is 8.29. The summed E-state index contributed by atoms with van der Waals surface area (Å²) in [7, 11) is 1.60. The molecule has 0 bridgehead atoms. The van der Waals surface area contributed by atoms with E-state index in [1.54, 1.807) is 23.8 Å². The Morgan fingerprint density at radius 2 is 2.17 bits per heavy atom. The Balaban J connectivity index is 0.00000289. The Morgan fingerprint density at radius 3 is 2.67 bits per heavy atom. The Kier molecular flexibility index (Phi) is 7.90. The van der Waals surface area contributed by atoms with E-state index in [1.165, 1.54) is 0 Å². The highest BCUT2D eigenvalue weighted by Gasteiger charge is 2.26. The molecule has 0 aromatic rings. The number of ether oxygens (including phenoxy) is 1. The number of nitrogens with two attached hydrogens (primary N) is 1. The molecule has 7 heteroatoms. The van der Waals surface area contributed by atoms with E-state index in [0.29, 0.717) is 32.7 Å². The van der Waals surface area contributed by atoms with E-state index in [9.17, 15) is 9.59 Å². The lowest BCUT2D eigenvalue weighted by atomic mass is 10.2. The Labute approximate surface area is 114 Å². The molecule has 106 valence electrons. The quantitative estimate of drug-likeness (QED) is 0.734. The van der Waals surface area contributed by atoms with Crippen LogP contribution < -0.4 is 5.73 Å². The number of rotatable bonds is 5. The lowest BCUT2D eigenvalue weighted by Crippen LogP contribution is -2.53. The van der Waals surface area contributed by atoms with Gasteiger partial charge in [0.15, 0.2) is 0 Å². The molecule has 18 heavy (non-hydrogen) atoms. The minimum atomic E-state index is -0.163. The van der Waals surface area contributed by atoms with Gasteiger partial charge in [-0.05, 0) is 6.92 Å². The molecule has 1 aliphatic heterocycles. The predicted molar refractivity (Wildman–Crippen MR) is 70.6 cm³/mol. The first-order valence-corrected chi connectivity index (χ1v) is 5.84. The van der Waals surface area contributed by atoms with Gasteiger partial charge in [-0.3, -0.25) is 9.59 Å². The van der Waals surface area contributed by atoms with Gasteiger partial charge in [0.1, 0.15) is 0 Å². The van der Waals surface area contributed by atoms with Crippen LogP contribution in [0.4, 0.5) is 0 Å². The van der Waals surface area contributed by atoms with E-state index < -0.39 is 0 Å². The van der Waals surface area contributed by atoms with Crippen LogP contribution in [-0.2, 0) is 14.3 Å². The van der Waals surface area contributed by atoms with E-state index in [1.807, 2.05) is 0 Å². The summed E-state index contributed by atoms with van der Waals surface area (Å²) in [5, 5.41) is 0. The molecule has 1 saturated heterocycles. The van der Waals surface area contributed by atoms with Gasteiger partial charge in [0.2, 0.25) is 11.8 Å². The zero-order valence-electron chi connectivity index (χ0n) is 10.9. The molecule has 1 heterocycles. The van der Waals surface area contributed by atoms with Crippen molar-refractivity contribution in [3.8, 4) is 0 Å². The summed E-state index contributed by atoms with van der Waals surface area (Å²) in [6.07, 6.45) is 0.297. The van der Waals surface area contributed by atoms with Crippen molar-refractivity contribution in [1.82, 2.24) is 9.80 Å². The summed E-state index contributed by atoms with van der Waals surface area (Å²) < 4.78 is 4.93. The van der Waals surface area contributed by atoms with Crippen molar-refractivity contribution in [3.05, 3.63) is 0 Å².